The standard InChI is InChI=1S/C23H21N3O7S/c1-14-13-34-22-19(24-18(27)12-32-17-5-3-2-4-6-17)21(28)25(22)20(14)23(29)33-11-15-7-9-16(10-8-15)26(30)31/h2-10,19,22H,11-13H2,1H3,(H,24,27)/t19-,22-/m1/s1. The summed E-state index contributed by atoms with van der Waals surface area (Å²) >= 11 is 1.45. The van der Waals surface area contributed by atoms with Gasteiger partial charge in [-0.2, -0.15) is 0 Å². The minimum absolute atomic E-state index is 0.0609. The first kappa shape index (κ1) is 23.3. The van der Waals surface area contributed by atoms with Crippen LogP contribution in [-0.4, -0.2) is 51.4 Å². The van der Waals surface area contributed by atoms with Gasteiger partial charge in [0.25, 0.3) is 17.5 Å². The number of thioether (sulfide) groups is 1. The lowest BCUT2D eigenvalue weighted by molar-refractivity contribution is -0.384. The largest absolute Gasteiger partial charge is 0.484 e. The molecule has 10 nitrogen and oxygen atoms in total. The van der Waals surface area contributed by atoms with Gasteiger partial charge in [-0.25, -0.2) is 4.79 Å². The molecule has 2 aromatic carbocycles. The third-order valence-corrected chi connectivity index (χ3v) is 6.72. The van der Waals surface area contributed by atoms with Crippen molar-refractivity contribution < 1.29 is 28.8 Å². The highest BCUT2D eigenvalue weighted by Crippen LogP contribution is 2.40. The van der Waals surface area contributed by atoms with E-state index in [9.17, 15) is 24.5 Å². The van der Waals surface area contributed by atoms with Crippen molar-refractivity contribution in [2.45, 2.75) is 24.9 Å². The Balaban J connectivity index is 1.34. The Morgan fingerprint density at radius 2 is 1.88 bits per heavy atom. The van der Waals surface area contributed by atoms with E-state index < -0.39 is 34.1 Å². The number of β-lactam (4-membered cyclic amide) rings is 1. The summed E-state index contributed by atoms with van der Waals surface area (Å²) in [5.41, 5.74) is 1.38. The lowest BCUT2D eigenvalue weighted by Gasteiger charge is -2.49. The minimum Gasteiger partial charge on any atom is -0.484 e. The van der Waals surface area contributed by atoms with E-state index in [1.54, 1.807) is 31.2 Å². The first-order valence-electron chi connectivity index (χ1n) is 10.4. The van der Waals surface area contributed by atoms with Gasteiger partial charge in [-0.05, 0) is 42.3 Å². The molecule has 0 aromatic heterocycles. The number of benzene rings is 2. The molecule has 2 heterocycles. The van der Waals surface area contributed by atoms with Gasteiger partial charge in [-0.1, -0.05) is 18.2 Å². The summed E-state index contributed by atoms with van der Waals surface area (Å²) in [6.07, 6.45) is 0. The first-order valence-corrected chi connectivity index (χ1v) is 11.4. The molecule has 0 aliphatic carbocycles. The quantitative estimate of drug-likeness (QED) is 0.262. The van der Waals surface area contributed by atoms with E-state index in [4.69, 9.17) is 9.47 Å². The first-order chi connectivity index (χ1) is 16.3. The fourth-order valence-corrected chi connectivity index (χ4v) is 4.87. The van der Waals surface area contributed by atoms with Gasteiger partial charge in [-0.15, -0.1) is 11.8 Å². The normalized spacial score (nSPS) is 19.1. The smallest absolute Gasteiger partial charge is 0.355 e. The van der Waals surface area contributed by atoms with Gasteiger partial charge in [-0.3, -0.25) is 24.6 Å². The highest BCUT2D eigenvalue weighted by Gasteiger charge is 2.54. The summed E-state index contributed by atoms with van der Waals surface area (Å²) < 4.78 is 10.8. The fourth-order valence-electron chi connectivity index (χ4n) is 3.57. The summed E-state index contributed by atoms with van der Waals surface area (Å²) in [5.74, 6) is -0.444. The predicted octanol–water partition coefficient (Wildman–Crippen LogP) is 2.39. The van der Waals surface area contributed by atoms with Crippen LogP contribution in [0.15, 0.2) is 65.9 Å². The van der Waals surface area contributed by atoms with Gasteiger partial charge < -0.3 is 14.8 Å². The molecule has 1 N–H and O–H groups in total. The SMILES string of the molecule is CC1=C(C(=O)OCc2ccc([N+](=O)[O-])cc2)N2C(=O)[C@@H](NC(=O)COc3ccccc3)[C@H]2SC1. The van der Waals surface area contributed by atoms with Crippen molar-refractivity contribution in [2.75, 3.05) is 12.4 Å². The molecule has 0 spiro atoms. The molecule has 2 aromatic rings. The summed E-state index contributed by atoms with van der Waals surface area (Å²) in [4.78, 5) is 49.5. The van der Waals surface area contributed by atoms with E-state index >= 15 is 0 Å². The minimum atomic E-state index is -0.762. The molecule has 0 bridgehead atoms. The van der Waals surface area contributed by atoms with E-state index in [0.717, 1.165) is 0 Å². The van der Waals surface area contributed by atoms with Crippen molar-refractivity contribution in [2.24, 2.45) is 0 Å². The summed E-state index contributed by atoms with van der Waals surface area (Å²) in [6, 6.07) is 13.8. The van der Waals surface area contributed by atoms with Gasteiger partial charge in [0.05, 0.1) is 4.92 Å². The van der Waals surface area contributed by atoms with Crippen LogP contribution in [0.5, 0.6) is 5.75 Å². The maximum Gasteiger partial charge on any atom is 0.355 e. The van der Waals surface area contributed by atoms with Crippen LogP contribution in [0.2, 0.25) is 0 Å². The molecule has 11 heteroatoms. The lowest BCUT2D eigenvalue weighted by Crippen LogP contribution is -2.70. The molecule has 2 amide bonds. The molecule has 176 valence electrons. The molecule has 2 aliphatic heterocycles. The number of carbonyl (C=O) groups excluding carboxylic acids is 3. The highest BCUT2D eigenvalue weighted by atomic mass is 32.2. The van der Waals surface area contributed by atoms with Crippen LogP contribution in [0.1, 0.15) is 12.5 Å². The monoisotopic (exact) mass is 483 g/mol. The number of non-ortho nitro benzene ring substituents is 1. The second-order valence-electron chi connectivity index (χ2n) is 7.69. The van der Waals surface area contributed by atoms with Crippen molar-refractivity contribution in [1.82, 2.24) is 10.2 Å². The molecule has 0 radical (unpaired) electrons. The van der Waals surface area contributed by atoms with Crippen LogP contribution in [0.4, 0.5) is 5.69 Å². The predicted molar refractivity (Wildman–Crippen MR) is 123 cm³/mol. The Kier molecular flexibility index (Phi) is 6.82. The molecule has 2 atom stereocenters. The highest BCUT2D eigenvalue weighted by molar-refractivity contribution is 8.00. The number of nitrogens with one attached hydrogen (secondary N) is 1. The van der Waals surface area contributed by atoms with Gasteiger partial charge in [0, 0.05) is 17.9 Å². The number of amides is 2. The number of esters is 1. The molecule has 1 fully saturated rings. The van der Waals surface area contributed by atoms with Gasteiger partial charge in [0.15, 0.2) is 6.61 Å². The Morgan fingerprint density at radius 3 is 2.56 bits per heavy atom. The number of nitro groups is 1. The van der Waals surface area contributed by atoms with Crippen LogP contribution in [-0.2, 0) is 25.7 Å². The van der Waals surface area contributed by atoms with Crippen molar-refractivity contribution in [3.63, 3.8) is 0 Å². The number of para-hydroxylation sites is 1. The Hall–Kier alpha value is -3.86. The molecule has 0 unspecified atom stereocenters. The zero-order valence-electron chi connectivity index (χ0n) is 18.1. The maximum atomic E-state index is 12.8. The Bertz CT molecular complexity index is 1150. The average Bonchev–Trinajstić information content (AvgIpc) is 2.85. The van der Waals surface area contributed by atoms with Gasteiger partial charge >= 0.3 is 5.97 Å². The molecule has 4 rings (SSSR count). The number of nitrogens with zero attached hydrogens (tertiary/aromatic N) is 2. The van der Waals surface area contributed by atoms with E-state index in [2.05, 4.69) is 5.32 Å². The van der Waals surface area contributed by atoms with E-state index in [-0.39, 0.29) is 24.6 Å². The summed E-state index contributed by atoms with van der Waals surface area (Å²) in [5, 5.41) is 13.0. The van der Waals surface area contributed by atoms with E-state index in [1.807, 2.05) is 6.07 Å². The van der Waals surface area contributed by atoms with Crippen molar-refractivity contribution in [1.29, 1.82) is 0 Å². The van der Waals surface area contributed by atoms with Crippen LogP contribution in [0.25, 0.3) is 0 Å². The second kappa shape index (κ2) is 9.96. The summed E-state index contributed by atoms with van der Waals surface area (Å²) in [7, 11) is 0. The molecular weight excluding hydrogens is 462 g/mol. The summed E-state index contributed by atoms with van der Waals surface area (Å²) in [6.45, 7) is 1.42. The number of fused-ring (bicyclic) bond motifs is 1. The average molecular weight is 484 g/mol. The molecule has 1 saturated heterocycles. The Labute approximate surface area is 199 Å². The number of nitro benzene ring substituents is 1. The third kappa shape index (κ3) is 4.88. The zero-order chi connectivity index (χ0) is 24.2. The van der Waals surface area contributed by atoms with Gasteiger partial charge in [0.2, 0.25) is 0 Å². The van der Waals surface area contributed by atoms with Crippen molar-refractivity contribution in [3.8, 4) is 5.75 Å². The lowest BCUT2D eigenvalue weighted by atomic mass is 10.0. The number of hydrogen-bond acceptors (Lipinski definition) is 8. The molecular formula is C23H21N3O7S. The number of ether oxygens (including phenoxy) is 2. The van der Waals surface area contributed by atoms with E-state index in [1.165, 1.54) is 40.9 Å². The molecule has 0 saturated carbocycles. The maximum absolute atomic E-state index is 12.8. The second-order valence-corrected chi connectivity index (χ2v) is 8.79. The molecule has 34 heavy (non-hydrogen) atoms. The molecule has 2 aliphatic rings. The fraction of sp³-hybridized carbons (Fsp3) is 0.261. The van der Waals surface area contributed by atoms with Crippen LogP contribution >= 0.6 is 11.8 Å². The van der Waals surface area contributed by atoms with Gasteiger partial charge in [0.1, 0.15) is 29.5 Å². The Morgan fingerprint density at radius 1 is 1.18 bits per heavy atom. The van der Waals surface area contributed by atoms with E-state index in [0.29, 0.717) is 22.6 Å². The number of carbonyl (C=O) groups is 3. The number of rotatable bonds is 8. The topological polar surface area (TPSA) is 128 Å². The number of hydrogen-bond donors (Lipinski definition) is 1. The van der Waals surface area contributed by atoms with Crippen LogP contribution in [0, 0.1) is 10.1 Å². The van der Waals surface area contributed by atoms with Crippen molar-refractivity contribution in [3.05, 3.63) is 81.5 Å². The van der Waals surface area contributed by atoms with Crippen molar-refractivity contribution >= 4 is 35.2 Å². The van der Waals surface area contributed by atoms with Crippen LogP contribution in [0.3, 0.4) is 0 Å². The zero-order valence-corrected chi connectivity index (χ0v) is 18.9. The third-order valence-electron chi connectivity index (χ3n) is 5.30. The van der Waals surface area contributed by atoms with Crippen LogP contribution < -0.4 is 10.1 Å².